The van der Waals surface area contributed by atoms with Crippen molar-refractivity contribution in [2.24, 2.45) is 5.92 Å². The van der Waals surface area contributed by atoms with Gasteiger partial charge in [-0.05, 0) is 50.0 Å². The summed E-state index contributed by atoms with van der Waals surface area (Å²) < 4.78 is 55.2. The number of amides is 1. The highest BCUT2D eigenvalue weighted by molar-refractivity contribution is 5.78. The van der Waals surface area contributed by atoms with Gasteiger partial charge >= 0.3 is 6.18 Å². The quantitative estimate of drug-likeness (QED) is 0.673. The van der Waals surface area contributed by atoms with E-state index < -0.39 is 17.7 Å². The summed E-state index contributed by atoms with van der Waals surface area (Å²) in [6.45, 7) is 1.81. The number of carbonyl (C=O) groups is 1. The van der Waals surface area contributed by atoms with Gasteiger partial charge in [-0.3, -0.25) is 14.4 Å². The van der Waals surface area contributed by atoms with Crippen LogP contribution in [0.25, 0.3) is 0 Å². The molecule has 2 aliphatic rings. The van der Waals surface area contributed by atoms with E-state index in [1.54, 1.807) is 4.90 Å². The predicted octanol–water partition coefficient (Wildman–Crippen LogP) is 3.21. The number of fused-ring (bicyclic) bond motifs is 1. The second-order valence-electron chi connectivity index (χ2n) is 8.30. The lowest BCUT2D eigenvalue weighted by atomic mass is 9.98. The first-order valence-corrected chi connectivity index (χ1v) is 10.5. The Balaban J connectivity index is 1.52. The molecule has 3 heterocycles. The average Bonchev–Trinajstić information content (AvgIpc) is 3.14. The molecule has 0 atom stereocenters. The van der Waals surface area contributed by atoms with Gasteiger partial charge < -0.3 is 4.90 Å². The van der Waals surface area contributed by atoms with E-state index in [0.29, 0.717) is 37.2 Å². The van der Waals surface area contributed by atoms with Gasteiger partial charge in [0.05, 0.1) is 31.4 Å². The molecule has 0 unspecified atom stereocenters. The van der Waals surface area contributed by atoms with Gasteiger partial charge in [0.15, 0.2) is 5.69 Å². The monoisotopic (exact) mass is 449 g/mol. The van der Waals surface area contributed by atoms with E-state index in [4.69, 9.17) is 5.26 Å². The first-order valence-electron chi connectivity index (χ1n) is 10.5. The number of alkyl halides is 3. The lowest BCUT2D eigenvalue weighted by Gasteiger charge is -2.33. The Labute approximate surface area is 183 Å². The molecule has 2 aromatic rings. The second kappa shape index (κ2) is 8.90. The van der Waals surface area contributed by atoms with Crippen LogP contribution < -0.4 is 0 Å². The van der Waals surface area contributed by atoms with Crippen LogP contribution in [0.5, 0.6) is 0 Å². The minimum atomic E-state index is -4.59. The van der Waals surface area contributed by atoms with Gasteiger partial charge in [0.1, 0.15) is 5.82 Å². The molecule has 1 aromatic carbocycles. The van der Waals surface area contributed by atoms with Crippen LogP contribution in [0, 0.1) is 23.1 Å². The van der Waals surface area contributed by atoms with Crippen LogP contribution in [-0.4, -0.2) is 51.7 Å². The molecule has 6 nitrogen and oxygen atoms in total. The molecule has 0 saturated carbocycles. The summed E-state index contributed by atoms with van der Waals surface area (Å²) in [4.78, 5) is 16.4. The fourth-order valence-electron chi connectivity index (χ4n) is 4.33. The number of hydrogen-bond acceptors (Lipinski definition) is 4. The first-order chi connectivity index (χ1) is 15.2. The van der Waals surface area contributed by atoms with Crippen molar-refractivity contribution in [2.75, 3.05) is 26.2 Å². The Hall–Kier alpha value is -2.93. The molecular weight excluding hydrogens is 426 g/mol. The minimum absolute atomic E-state index is 0.0144. The molecule has 0 aliphatic carbocycles. The van der Waals surface area contributed by atoms with Crippen LogP contribution in [0.4, 0.5) is 17.6 Å². The largest absolute Gasteiger partial charge is 0.435 e. The average molecular weight is 449 g/mol. The normalized spacial score (nSPS) is 17.8. The van der Waals surface area contributed by atoms with E-state index in [1.165, 1.54) is 28.9 Å². The van der Waals surface area contributed by atoms with Crippen molar-refractivity contribution < 1.29 is 22.4 Å². The van der Waals surface area contributed by atoms with Crippen LogP contribution in [0.2, 0.25) is 0 Å². The lowest BCUT2D eigenvalue weighted by Crippen LogP contribution is -2.45. The maximum atomic E-state index is 13.6. The number of carbonyl (C=O) groups excluding carboxylic acids is 1. The molecular formula is C22H23F4N5O. The predicted molar refractivity (Wildman–Crippen MR) is 107 cm³/mol. The molecule has 1 aromatic heterocycles. The fourth-order valence-corrected chi connectivity index (χ4v) is 4.33. The van der Waals surface area contributed by atoms with E-state index >= 15 is 0 Å². The standard InChI is InChI=1S/C22H23F4N5O/c23-17-3-1-16(2-4-17)12-31-19-13-30(10-7-18(19)21(28-31)22(24,25)26)20(32)14-29-8-5-15(11-27)6-9-29/h1-4,15H,5-10,12-14H2. The van der Waals surface area contributed by atoms with Gasteiger partial charge in [0.25, 0.3) is 0 Å². The fraction of sp³-hybridized carbons (Fsp3) is 0.500. The second-order valence-corrected chi connectivity index (χ2v) is 8.30. The summed E-state index contributed by atoms with van der Waals surface area (Å²) in [6.07, 6.45) is -3.08. The van der Waals surface area contributed by atoms with Crippen molar-refractivity contribution in [1.29, 1.82) is 5.26 Å². The highest BCUT2D eigenvalue weighted by Gasteiger charge is 2.41. The summed E-state index contributed by atoms with van der Waals surface area (Å²) in [7, 11) is 0. The Morgan fingerprint density at radius 1 is 1.16 bits per heavy atom. The summed E-state index contributed by atoms with van der Waals surface area (Å²) in [6, 6.07) is 7.77. The smallest absolute Gasteiger partial charge is 0.335 e. The Kier molecular flexibility index (Phi) is 6.20. The van der Waals surface area contributed by atoms with Crippen LogP contribution in [0.15, 0.2) is 24.3 Å². The molecule has 170 valence electrons. The van der Waals surface area contributed by atoms with Gasteiger partial charge in [-0.2, -0.15) is 23.5 Å². The zero-order valence-electron chi connectivity index (χ0n) is 17.4. The third-order valence-electron chi connectivity index (χ3n) is 6.13. The third-order valence-corrected chi connectivity index (χ3v) is 6.13. The number of nitrogens with zero attached hydrogens (tertiary/aromatic N) is 5. The summed E-state index contributed by atoms with van der Waals surface area (Å²) in [5.41, 5.74) is 0.192. The van der Waals surface area contributed by atoms with Crippen LogP contribution in [0.3, 0.4) is 0 Å². The molecule has 1 fully saturated rings. The van der Waals surface area contributed by atoms with Crippen LogP contribution in [0.1, 0.15) is 35.4 Å². The Morgan fingerprint density at radius 3 is 2.47 bits per heavy atom. The lowest BCUT2D eigenvalue weighted by molar-refractivity contribution is -0.142. The topological polar surface area (TPSA) is 65.2 Å². The maximum absolute atomic E-state index is 13.6. The van der Waals surface area contributed by atoms with E-state index in [0.717, 1.165) is 0 Å². The summed E-state index contributed by atoms with van der Waals surface area (Å²) in [5.74, 6) is -0.558. The number of rotatable bonds is 4. The minimum Gasteiger partial charge on any atom is -0.335 e. The van der Waals surface area contributed by atoms with Gasteiger partial charge in [0.2, 0.25) is 5.91 Å². The molecule has 0 spiro atoms. The molecule has 0 N–H and O–H groups in total. The van der Waals surface area contributed by atoms with Gasteiger partial charge in [-0.15, -0.1) is 0 Å². The van der Waals surface area contributed by atoms with Gasteiger partial charge in [-0.1, -0.05) is 12.1 Å². The van der Waals surface area contributed by atoms with Crippen molar-refractivity contribution in [3.05, 3.63) is 52.6 Å². The van der Waals surface area contributed by atoms with E-state index in [2.05, 4.69) is 11.2 Å². The van der Waals surface area contributed by atoms with Crippen molar-refractivity contribution in [1.82, 2.24) is 19.6 Å². The maximum Gasteiger partial charge on any atom is 0.435 e. The summed E-state index contributed by atoms with van der Waals surface area (Å²) in [5, 5.41) is 12.8. The number of halogens is 4. The Morgan fingerprint density at radius 2 is 1.84 bits per heavy atom. The number of benzene rings is 1. The molecule has 4 rings (SSSR count). The summed E-state index contributed by atoms with van der Waals surface area (Å²) >= 11 is 0. The zero-order valence-corrected chi connectivity index (χ0v) is 17.4. The zero-order chi connectivity index (χ0) is 22.9. The van der Waals surface area contributed by atoms with E-state index in [9.17, 15) is 22.4 Å². The SMILES string of the molecule is N#CC1CCN(CC(=O)N2CCc3c(C(F)(F)F)nn(Cc4ccc(F)cc4)c3C2)CC1. The molecule has 0 bridgehead atoms. The number of piperidine rings is 1. The molecule has 0 radical (unpaired) electrons. The van der Waals surface area contributed by atoms with Crippen LogP contribution >= 0.6 is 0 Å². The molecule has 1 saturated heterocycles. The Bertz CT molecular complexity index is 1020. The van der Waals surface area contributed by atoms with E-state index in [1.807, 2.05) is 4.90 Å². The number of likely N-dealkylation sites (tertiary alicyclic amines) is 1. The van der Waals surface area contributed by atoms with Gasteiger partial charge in [0, 0.05) is 18.0 Å². The molecule has 2 aliphatic heterocycles. The van der Waals surface area contributed by atoms with Crippen molar-refractivity contribution in [3.63, 3.8) is 0 Å². The highest BCUT2D eigenvalue weighted by atomic mass is 19.4. The highest BCUT2D eigenvalue weighted by Crippen LogP contribution is 2.35. The number of aromatic nitrogens is 2. The number of hydrogen-bond donors (Lipinski definition) is 0. The third kappa shape index (κ3) is 4.78. The van der Waals surface area contributed by atoms with E-state index in [-0.39, 0.29) is 50.0 Å². The van der Waals surface area contributed by atoms with Crippen molar-refractivity contribution in [2.45, 2.75) is 38.5 Å². The van der Waals surface area contributed by atoms with Crippen molar-refractivity contribution >= 4 is 5.91 Å². The first kappa shape index (κ1) is 22.3. The molecule has 1 amide bonds. The van der Waals surface area contributed by atoms with Gasteiger partial charge in [-0.25, -0.2) is 4.39 Å². The molecule has 10 heteroatoms. The van der Waals surface area contributed by atoms with Crippen molar-refractivity contribution in [3.8, 4) is 6.07 Å². The van der Waals surface area contributed by atoms with Crippen LogP contribution in [-0.2, 0) is 30.5 Å². The molecule has 32 heavy (non-hydrogen) atoms. The number of nitriles is 1.